The van der Waals surface area contributed by atoms with Gasteiger partial charge in [-0.25, -0.2) is 0 Å². The van der Waals surface area contributed by atoms with Crippen LogP contribution in [0.25, 0.3) is 0 Å². The zero-order valence-electron chi connectivity index (χ0n) is 11.4. The molecule has 0 bridgehead atoms. The Morgan fingerprint density at radius 2 is 1.88 bits per heavy atom. The Balaban J connectivity index is 2.54. The van der Waals surface area contributed by atoms with Gasteiger partial charge in [0.2, 0.25) is 0 Å². The van der Waals surface area contributed by atoms with Crippen molar-refractivity contribution < 1.29 is 9.53 Å². The molecule has 1 rings (SSSR count). The third-order valence-corrected chi connectivity index (χ3v) is 3.95. The number of ether oxygens (including phenoxy) is 1. The summed E-state index contributed by atoms with van der Waals surface area (Å²) in [4.78, 5) is 13.9. The smallest absolute Gasteiger partial charge is 0.127 e. The highest BCUT2D eigenvalue weighted by atomic mass is 16.5. The second-order valence-electron chi connectivity index (χ2n) is 5.26. The lowest BCUT2D eigenvalue weighted by Gasteiger charge is -2.33. The van der Waals surface area contributed by atoms with Crippen molar-refractivity contribution in [2.75, 3.05) is 33.4 Å². The molecule has 3 nitrogen and oxygen atoms in total. The normalized spacial score (nSPS) is 20.2. The standard InChI is InChI=1S/C14H27NO2/c1-3-15(10-11-17-2)12-14(13-16)8-6-4-5-7-9-14/h13H,3-12H2,1-2H3. The largest absolute Gasteiger partial charge is 0.383 e. The molecule has 1 aliphatic rings. The summed E-state index contributed by atoms with van der Waals surface area (Å²) in [6, 6.07) is 0. The van der Waals surface area contributed by atoms with Gasteiger partial charge in [0.1, 0.15) is 6.29 Å². The molecule has 0 N–H and O–H groups in total. The van der Waals surface area contributed by atoms with Crippen LogP contribution in [0.4, 0.5) is 0 Å². The van der Waals surface area contributed by atoms with Crippen molar-refractivity contribution in [2.24, 2.45) is 5.41 Å². The highest BCUT2D eigenvalue weighted by Gasteiger charge is 2.32. The van der Waals surface area contributed by atoms with E-state index >= 15 is 0 Å². The minimum Gasteiger partial charge on any atom is -0.383 e. The molecular formula is C14H27NO2. The molecule has 0 aromatic heterocycles. The summed E-state index contributed by atoms with van der Waals surface area (Å²) in [5, 5.41) is 0. The number of hydrogen-bond donors (Lipinski definition) is 0. The summed E-state index contributed by atoms with van der Waals surface area (Å²) in [5.74, 6) is 0. The molecule has 1 fully saturated rings. The van der Waals surface area contributed by atoms with Gasteiger partial charge in [0.15, 0.2) is 0 Å². The van der Waals surface area contributed by atoms with Crippen LogP contribution >= 0.6 is 0 Å². The fourth-order valence-corrected chi connectivity index (χ4v) is 2.76. The van der Waals surface area contributed by atoms with Crippen molar-refractivity contribution in [2.45, 2.75) is 45.4 Å². The van der Waals surface area contributed by atoms with Crippen LogP contribution in [0.2, 0.25) is 0 Å². The first-order valence-corrected chi connectivity index (χ1v) is 6.94. The number of hydrogen-bond acceptors (Lipinski definition) is 3. The lowest BCUT2D eigenvalue weighted by molar-refractivity contribution is -0.118. The molecule has 0 unspecified atom stereocenters. The van der Waals surface area contributed by atoms with E-state index in [9.17, 15) is 4.79 Å². The van der Waals surface area contributed by atoms with Gasteiger partial charge in [0.05, 0.1) is 6.61 Å². The van der Waals surface area contributed by atoms with E-state index in [4.69, 9.17) is 4.74 Å². The maximum absolute atomic E-state index is 11.5. The second-order valence-corrected chi connectivity index (χ2v) is 5.26. The van der Waals surface area contributed by atoms with Crippen LogP contribution in [0.15, 0.2) is 0 Å². The van der Waals surface area contributed by atoms with Crippen LogP contribution in [0.1, 0.15) is 45.4 Å². The zero-order chi connectivity index (χ0) is 12.6. The third kappa shape index (κ3) is 4.76. The maximum atomic E-state index is 11.5. The monoisotopic (exact) mass is 241 g/mol. The Bertz CT molecular complexity index is 210. The highest BCUT2D eigenvalue weighted by molar-refractivity contribution is 5.59. The predicted molar refractivity (Wildman–Crippen MR) is 70.2 cm³/mol. The van der Waals surface area contributed by atoms with Gasteiger partial charge in [0.25, 0.3) is 0 Å². The van der Waals surface area contributed by atoms with Crippen LogP contribution in [-0.2, 0) is 9.53 Å². The van der Waals surface area contributed by atoms with E-state index in [0.29, 0.717) is 0 Å². The van der Waals surface area contributed by atoms with Gasteiger partial charge < -0.3 is 14.4 Å². The molecule has 17 heavy (non-hydrogen) atoms. The van der Waals surface area contributed by atoms with Crippen molar-refractivity contribution in [3.8, 4) is 0 Å². The highest BCUT2D eigenvalue weighted by Crippen LogP contribution is 2.33. The van der Waals surface area contributed by atoms with Gasteiger partial charge in [0, 0.05) is 25.6 Å². The molecule has 0 heterocycles. The van der Waals surface area contributed by atoms with Crippen LogP contribution in [0.3, 0.4) is 0 Å². The minimum absolute atomic E-state index is 0.0831. The Kier molecular flexibility index (Phi) is 6.75. The van der Waals surface area contributed by atoms with Gasteiger partial charge >= 0.3 is 0 Å². The molecule has 0 spiro atoms. The summed E-state index contributed by atoms with van der Waals surface area (Å²) in [6.45, 7) is 5.76. The van der Waals surface area contributed by atoms with Crippen LogP contribution in [0.5, 0.6) is 0 Å². The van der Waals surface area contributed by atoms with E-state index < -0.39 is 0 Å². The molecule has 100 valence electrons. The van der Waals surface area contributed by atoms with E-state index in [2.05, 4.69) is 11.8 Å². The summed E-state index contributed by atoms with van der Waals surface area (Å²) in [5.41, 5.74) is -0.0831. The van der Waals surface area contributed by atoms with Gasteiger partial charge in [-0.05, 0) is 19.4 Å². The summed E-state index contributed by atoms with van der Waals surface area (Å²) in [7, 11) is 1.73. The van der Waals surface area contributed by atoms with Crippen molar-refractivity contribution >= 4 is 6.29 Å². The molecule has 0 radical (unpaired) electrons. The molecule has 3 heteroatoms. The fourth-order valence-electron chi connectivity index (χ4n) is 2.76. The molecule has 0 aromatic carbocycles. The lowest BCUT2D eigenvalue weighted by atomic mass is 9.81. The molecular weight excluding hydrogens is 214 g/mol. The maximum Gasteiger partial charge on any atom is 0.127 e. The number of carbonyl (C=O) groups is 1. The number of rotatable bonds is 7. The van der Waals surface area contributed by atoms with Crippen molar-refractivity contribution in [1.82, 2.24) is 4.90 Å². The first kappa shape index (κ1) is 14.7. The van der Waals surface area contributed by atoms with Gasteiger partial charge in [-0.1, -0.05) is 32.6 Å². The summed E-state index contributed by atoms with van der Waals surface area (Å²) in [6.07, 6.45) is 8.37. The molecule has 1 aliphatic carbocycles. The van der Waals surface area contributed by atoms with Crippen molar-refractivity contribution in [3.63, 3.8) is 0 Å². The van der Waals surface area contributed by atoms with Crippen LogP contribution in [-0.4, -0.2) is 44.5 Å². The number of likely N-dealkylation sites (N-methyl/N-ethyl adjacent to an activating group) is 1. The summed E-state index contributed by atoms with van der Waals surface area (Å²) < 4.78 is 5.12. The molecule has 0 amide bonds. The summed E-state index contributed by atoms with van der Waals surface area (Å²) >= 11 is 0. The van der Waals surface area contributed by atoms with E-state index in [0.717, 1.165) is 39.1 Å². The Morgan fingerprint density at radius 1 is 1.24 bits per heavy atom. The molecule has 0 saturated heterocycles. The van der Waals surface area contributed by atoms with Gasteiger partial charge in [-0.3, -0.25) is 0 Å². The molecule has 1 saturated carbocycles. The van der Waals surface area contributed by atoms with E-state index in [-0.39, 0.29) is 5.41 Å². The number of methoxy groups -OCH3 is 1. The second kappa shape index (κ2) is 7.83. The SMILES string of the molecule is CCN(CCOC)CC1(C=O)CCCCCC1. The average Bonchev–Trinajstić information content (AvgIpc) is 2.60. The zero-order valence-corrected chi connectivity index (χ0v) is 11.4. The molecule has 0 atom stereocenters. The minimum atomic E-state index is -0.0831. The first-order valence-electron chi connectivity index (χ1n) is 6.94. The first-order chi connectivity index (χ1) is 8.26. The Labute approximate surface area is 106 Å². The molecule has 0 aromatic rings. The quantitative estimate of drug-likeness (QED) is 0.506. The predicted octanol–water partition coefficient (Wildman–Crippen LogP) is 2.49. The van der Waals surface area contributed by atoms with E-state index in [1.165, 1.54) is 32.0 Å². The van der Waals surface area contributed by atoms with Crippen LogP contribution in [0, 0.1) is 5.41 Å². The van der Waals surface area contributed by atoms with Gasteiger partial charge in [-0.15, -0.1) is 0 Å². The fraction of sp³-hybridized carbons (Fsp3) is 0.929. The topological polar surface area (TPSA) is 29.5 Å². The number of nitrogens with zero attached hydrogens (tertiary/aromatic N) is 1. The number of aldehydes is 1. The average molecular weight is 241 g/mol. The van der Waals surface area contributed by atoms with Crippen molar-refractivity contribution in [1.29, 1.82) is 0 Å². The molecule has 0 aliphatic heterocycles. The Hall–Kier alpha value is -0.410. The van der Waals surface area contributed by atoms with Gasteiger partial charge in [-0.2, -0.15) is 0 Å². The van der Waals surface area contributed by atoms with Crippen molar-refractivity contribution in [3.05, 3.63) is 0 Å². The van der Waals surface area contributed by atoms with Crippen LogP contribution < -0.4 is 0 Å². The Morgan fingerprint density at radius 3 is 2.35 bits per heavy atom. The third-order valence-electron chi connectivity index (χ3n) is 3.95. The number of carbonyl (C=O) groups excluding carboxylic acids is 1. The van der Waals surface area contributed by atoms with E-state index in [1.807, 2.05) is 0 Å². The lowest BCUT2D eigenvalue weighted by Crippen LogP contribution is -2.40. The van der Waals surface area contributed by atoms with E-state index in [1.54, 1.807) is 7.11 Å².